The Balaban J connectivity index is 2.96. The molecule has 0 amide bonds. The van der Waals surface area contributed by atoms with Gasteiger partial charge in [0.05, 0.1) is 6.20 Å². The molecule has 8 heteroatoms. The van der Waals surface area contributed by atoms with E-state index in [1.807, 2.05) is 6.92 Å². The molecule has 0 unspecified atom stereocenters. The molecule has 0 saturated carbocycles. The van der Waals surface area contributed by atoms with Crippen molar-refractivity contribution in [1.29, 1.82) is 0 Å². The summed E-state index contributed by atoms with van der Waals surface area (Å²) in [6, 6.07) is 0. The predicted octanol–water partition coefficient (Wildman–Crippen LogP) is 1.25. The molecule has 1 rings (SSSR count). The number of nitrogens with zero attached hydrogens (tertiary/aromatic N) is 2. The van der Waals surface area contributed by atoms with Crippen molar-refractivity contribution < 1.29 is 8.42 Å². The molecule has 0 radical (unpaired) electrons. The van der Waals surface area contributed by atoms with E-state index in [2.05, 4.69) is 41.7 Å². The van der Waals surface area contributed by atoms with Crippen molar-refractivity contribution in [3.05, 3.63) is 12.4 Å². The normalized spacial score (nSPS) is 13.0. The van der Waals surface area contributed by atoms with E-state index in [9.17, 15) is 8.42 Å². The van der Waals surface area contributed by atoms with E-state index in [0.29, 0.717) is 10.7 Å². The van der Waals surface area contributed by atoms with Crippen molar-refractivity contribution >= 4 is 41.9 Å². The minimum Gasteiger partial charge on any atom is -0.274 e. The van der Waals surface area contributed by atoms with Crippen molar-refractivity contribution in [2.75, 3.05) is 10.7 Å². The largest absolute Gasteiger partial charge is 0.274 e. The minimum atomic E-state index is -3.51. The second-order valence-electron chi connectivity index (χ2n) is 3.78. The third-order valence-corrected chi connectivity index (χ3v) is 6.03. The number of hydrogen-bond acceptors (Lipinski definition) is 3. The van der Waals surface area contributed by atoms with Crippen molar-refractivity contribution in [2.24, 2.45) is 7.05 Å². The summed E-state index contributed by atoms with van der Waals surface area (Å²) in [5.41, 5.74) is -0.561. The van der Waals surface area contributed by atoms with Gasteiger partial charge in [0.2, 0.25) is 10.0 Å². The lowest BCUT2D eigenvalue weighted by atomic mass is 10.1. The van der Waals surface area contributed by atoms with Gasteiger partial charge in [-0.2, -0.15) is 5.10 Å². The van der Waals surface area contributed by atoms with Gasteiger partial charge in [0.25, 0.3) is 0 Å². The Hall–Kier alpha value is 0.0800. The highest BCUT2D eigenvalue weighted by molar-refractivity contribution is 9.09. The number of sulfonamides is 1. The summed E-state index contributed by atoms with van der Waals surface area (Å²) in [6.07, 6.45) is 2.79. The summed E-state index contributed by atoms with van der Waals surface area (Å²) >= 11 is 6.57. The second-order valence-corrected chi connectivity index (χ2v) is 6.59. The first kappa shape index (κ1) is 14.1. The zero-order chi connectivity index (χ0) is 12.4. The maximum atomic E-state index is 12.0. The fraction of sp³-hybridized carbons (Fsp3) is 0.625. The molecule has 0 saturated heterocycles. The number of nitrogens with one attached hydrogen (secondary N) is 1. The summed E-state index contributed by atoms with van der Waals surface area (Å²) < 4.78 is 28.0. The van der Waals surface area contributed by atoms with E-state index < -0.39 is 15.6 Å². The third kappa shape index (κ3) is 3.28. The van der Waals surface area contributed by atoms with Gasteiger partial charge in [-0.15, -0.1) is 0 Å². The summed E-state index contributed by atoms with van der Waals surface area (Å²) in [6.45, 7) is 1.81. The van der Waals surface area contributed by atoms with Crippen LogP contribution in [0.5, 0.6) is 0 Å². The molecule has 0 aromatic carbocycles. The second kappa shape index (κ2) is 5.16. The molecule has 1 heterocycles. The van der Waals surface area contributed by atoms with Gasteiger partial charge in [-0.1, -0.05) is 31.9 Å². The van der Waals surface area contributed by atoms with Gasteiger partial charge in [0.1, 0.15) is 4.90 Å². The molecule has 0 aliphatic rings. The standard InChI is InChI=1S/C8H13Br2N3O2S/c1-8(5-9,6-10)12-16(14,15)7-3-11-13(2)4-7/h3-4,12H,5-6H2,1-2H3. The van der Waals surface area contributed by atoms with Crippen LogP contribution in [0.25, 0.3) is 0 Å². The molecule has 0 atom stereocenters. The summed E-state index contributed by atoms with van der Waals surface area (Å²) in [4.78, 5) is 0.170. The monoisotopic (exact) mass is 373 g/mol. The summed E-state index contributed by atoms with van der Waals surface area (Å²) in [5.74, 6) is 0. The van der Waals surface area contributed by atoms with Gasteiger partial charge in [0.15, 0.2) is 0 Å². The maximum absolute atomic E-state index is 12.0. The van der Waals surface area contributed by atoms with Gasteiger partial charge < -0.3 is 0 Å². The van der Waals surface area contributed by atoms with Crippen molar-refractivity contribution in [2.45, 2.75) is 17.4 Å². The number of hydrogen-bond donors (Lipinski definition) is 1. The van der Waals surface area contributed by atoms with Gasteiger partial charge in [-0.3, -0.25) is 4.68 Å². The van der Waals surface area contributed by atoms with E-state index in [4.69, 9.17) is 0 Å². The van der Waals surface area contributed by atoms with Crippen LogP contribution in [0.3, 0.4) is 0 Å². The average Bonchev–Trinajstić information content (AvgIpc) is 2.65. The Morgan fingerprint density at radius 1 is 1.50 bits per heavy atom. The molecule has 5 nitrogen and oxygen atoms in total. The summed E-state index contributed by atoms with van der Waals surface area (Å²) in [7, 11) is -1.84. The van der Waals surface area contributed by atoms with Crippen LogP contribution in [0.1, 0.15) is 6.92 Å². The fourth-order valence-corrected chi connectivity index (χ4v) is 3.98. The van der Waals surface area contributed by atoms with E-state index in [0.717, 1.165) is 0 Å². The average molecular weight is 375 g/mol. The Labute approximate surface area is 112 Å². The molecule has 1 aromatic heterocycles. The van der Waals surface area contributed by atoms with Gasteiger partial charge in [-0.05, 0) is 6.92 Å². The van der Waals surface area contributed by atoms with Crippen molar-refractivity contribution in [3.8, 4) is 0 Å². The lowest BCUT2D eigenvalue weighted by Gasteiger charge is -2.25. The number of rotatable bonds is 5. The molecule has 0 aliphatic heterocycles. The van der Waals surface area contributed by atoms with Crippen LogP contribution < -0.4 is 4.72 Å². The van der Waals surface area contributed by atoms with Gasteiger partial charge in [-0.25, -0.2) is 13.1 Å². The van der Waals surface area contributed by atoms with Crippen molar-refractivity contribution in [3.63, 3.8) is 0 Å². The van der Waals surface area contributed by atoms with Crippen LogP contribution in [-0.4, -0.2) is 34.4 Å². The Morgan fingerprint density at radius 2 is 2.06 bits per heavy atom. The van der Waals surface area contributed by atoms with E-state index in [1.165, 1.54) is 17.1 Å². The first-order chi connectivity index (χ1) is 7.33. The van der Waals surface area contributed by atoms with Crippen molar-refractivity contribution in [1.82, 2.24) is 14.5 Å². The summed E-state index contributed by atoms with van der Waals surface area (Å²) in [5, 5.41) is 4.88. The predicted molar refractivity (Wildman–Crippen MR) is 69.5 cm³/mol. The number of alkyl halides is 2. The Bertz CT molecular complexity index is 454. The molecule has 1 N–H and O–H groups in total. The Morgan fingerprint density at radius 3 is 2.44 bits per heavy atom. The zero-order valence-electron chi connectivity index (χ0n) is 8.94. The smallest absolute Gasteiger partial charge is 0.244 e. The third-order valence-electron chi connectivity index (χ3n) is 1.96. The Kier molecular flexibility index (Phi) is 4.56. The molecule has 0 fully saturated rings. The molecule has 16 heavy (non-hydrogen) atoms. The zero-order valence-corrected chi connectivity index (χ0v) is 12.9. The molecular formula is C8H13Br2N3O2S. The molecule has 1 aromatic rings. The maximum Gasteiger partial charge on any atom is 0.244 e. The lowest BCUT2D eigenvalue weighted by molar-refractivity contribution is 0.509. The molecule has 92 valence electrons. The van der Waals surface area contributed by atoms with Gasteiger partial charge >= 0.3 is 0 Å². The van der Waals surface area contributed by atoms with E-state index in [-0.39, 0.29) is 4.90 Å². The molecule has 0 bridgehead atoms. The van der Waals surface area contributed by atoms with Crippen LogP contribution in [-0.2, 0) is 17.1 Å². The number of halogens is 2. The lowest BCUT2D eigenvalue weighted by Crippen LogP contribution is -2.48. The topological polar surface area (TPSA) is 64.0 Å². The van der Waals surface area contributed by atoms with E-state index >= 15 is 0 Å². The first-order valence-electron chi connectivity index (χ1n) is 4.47. The van der Waals surface area contributed by atoms with Crippen LogP contribution in [0.15, 0.2) is 17.3 Å². The van der Waals surface area contributed by atoms with Crippen LogP contribution in [0.2, 0.25) is 0 Å². The highest BCUT2D eigenvalue weighted by Gasteiger charge is 2.29. The highest BCUT2D eigenvalue weighted by Crippen LogP contribution is 2.16. The number of aryl methyl sites for hydroxylation is 1. The van der Waals surface area contributed by atoms with Crippen LogP contribution in [0, 0.1) is 0 Å². The van der Waals surface area contributed by atoms with Gasteiger partial charge in [0, 0.05) is 29.4 Å². The van der Waals surface area contributed by atoms with Crippen LogP contribution >= 0.6 is 31.9 Å². The highest BCUT2D eigenvalue weighted by atomic mass is 79.9. The first-order valence-corrected chi connectivity index (χ1v) is 8.20. The molecule has 0 spiro atoms. The molecular weight excluding hydrogens is 362 g/mol. The SMILES string of the molecule is Cn1cc(S(=O)(=O)NC(C)(CBr)CBr)cn1. The molecule has 0 aliphatic carbocycles. The van der Waals surface area contributed by atoms with Crippen LogP contribution in [0.4, 0.5) is 0 Å². The quantitative estimate of drug-likeness (QED) is 0.789. The number of aromatic nitrogens is 2. The minimum absolute atomic E-state index is 0.170. The van der Waals surface area contributed by atoms with E-state index in [1.54, 1.807) is 7.05 Å². The fourth-order valence-electron chi connectivity index (χ4n) is 1.01.